The third kappa shape index (κ3) is 17.8. The third-order valence-corrected chi connectivity index (χ3v) is 10.1. The van der Waals surface area contributed by atoms with Crippen LogP contribution in [0.5, 0.6) is 0 Å². The van der Waals surface area contributed by atoms with Crippen LogP contribution in [0.3, 0.4) is 0 Å². The number of hydrogen-bond acceptors (Lipinski definition) is 6. The third-order valence-electron chi connectivity index (χ3n) is 7.48. The van der Waals surface area contributed by atoms with Crippen LogP contribution >= 0.6 is 31.9 Å². The number of nitrogens with two attached hydrogens (primary N) is 2. The smallest absolute Gasteiger partial charge is 0.139 e. The molecule has 2 fully saturated rings. The van der Waals surface area contributed by atoms with E-state index in [-0.39, 0.29) is 38.9 Å². The molecule has 306 valence electrons. The first-order chi connectivity index (χ1) is 26.1. The van der Waals surface area contributed by atoms with Gasteiger partial charge in [-0.1, -0.05) is 6.07 Å². The molecule has 2 aliphatic carbocycles. The second kappa shape index (κ2) is 21.4. The van der Waals surface area contributed by atoms with Gasteiger partial charge in [-0.3, -0.25) is 10.6 Å². The summed E-state index contributed by atoms with van der Waals surface area (Å²) < 4.78 is 70.1. The van der Waals surface area contributed by atoms with Crippen molar-refractivity contribution in [2.24, 2.45) is 3.95 Å². The van der Waals surface area contributed by atoms with Crippen molar-refractivity contribution in [2.75, 3.05) is 16.4 Å². The monoisotopic (exact) mass is 1020 g/mol. The molecule has 2 amide bonds. The van der Waals surface area contributed by atoms with Crippen LogP contribution in [-0.2, 0) is 13.9 Å². The molecular formula is C41H48Br2F4IN4O4-. The van der Waals surface area contributed by atoms with Gasteiger partial charge in [0.05, 0.1) is 8.95 Å². The number of rotatable bonds is 6. The Hall–Kier alpha value is -3.41. The van der Waals surface area contributed by atoms with Gasteiger partial charge in [-0.15, -0.1) is 0 Å². The summed E-state index contributed by atoms with van der Waals surface area (Å²) in [6.45, 7) is 10.6. The van der Waals surface area contributed by atoms with E-state index in [0.29, 0.717) is 37.8 Å². The van der Waals surface area contributed by atoms with E-state index in [1.54, 1.807) is 77.9 Å². The van der Waals surface area contributed by atoms with Crippen molar-refractivity contribution in [1.82, 2.24) is 0 Å². The predicted molar refractivity (Wildman–Crippen MR) is 217 cm³/mol. The van der Waals surface area contributed by atoms with Crippen LogP contribution < -0.4 is 41.8 Å². The summed E-state index contributed by atoms with van der Waals surface area (Å²) in [5.41, 5.74) is 8.05. The predicted octanol–water partition coefficient (Wildman–Crippen LogP) is 9.32. The summed E-state index contributed by atoms with van der Waals surface area (Å²) in [6, 6.07) is 19.2. The number of halogens is 7. The number of alkyl halides is 1. The summed E-state index contributed by atoms with van der Waals surface area (Å²) in [7, 11) is 0. The van der Waals surface area contributed by atoms with Crippen molar-refractivity contribution in [1.29, 1.82) is 0 Å². The molecule has 0 bridgehead atoms. The molecule has 15 heteroatoms. The number of ether oxygens (including phenoxy) is 2. The van der Waals surface area contributed by atoms with Gasteiger partial charge in [-0.2, -0.15) is 0 Å². The molecule has 0 aliphatic heterocycles. The Morgan fingerprint density at radius 2 is 1.07 bits per heavy atom. The Labute approximate surface area is 353 Å². The summed E-state index contributed by atoms with van der Waals surface area (Å²) in [4.78, 5) is 22.9. The van der Waals surface area contributed by atoms with Crippen molar-refractivity contribution in [3.63, 3.8) is 0 Å². The maximum atomic E-state index is 13.7. The summed E-state index contributed by atoms with van der Waals surface area (Å²) >= 11 is 5.76. The first kappa shape index (κ1) is 47.0. The molecule has 6 N–H and O–H groups in total. The molecule has 0 unspecified atom stereocenters. The van der Waals surface area contributed by atoms with Crippen molar-refractivity contribution >= 4 is 61.1 Å². The van der Waals surface area contributed by atoms with Gasteiger partial charge in [0.25, 0.3) is 0 Å². The van der Waals surface area contributed by atoms with Crippen LogP contribution in [0.1, 0.15) is 95.8 Å². The first-order valence-electron chi connectivity index (χ1n) is 17.6. The molecule has 0 radical (unpaired) electrons. The van der Waals surface area contributed by atoms with Crippen molar-refractivity contribution in [2.45, 2.75) is 94.7 Å². The fourth-order valence-corrected chi connectivity index (χ4v) is 6.20. The summed E-state index contributed by atoms with van der Waals surface area (Å²) in [6.07, 6.45) is 3.24. The molecule has 0 saturated heterocycles. The molecule has 2 aliphatic rings. The van der Waals surface area contributed by atoms with Gasteiger partial charge in [-0.25, -0.2) is 22.8 Å². The van der Waals surface area contributed by atoms with Crippen LogP contribution in [0.25, 0.3) is 0 Å². The average molecular weight is 1020 g/mol. The number of carbonyl (C=O) groups excluding carboxylic acids is 2. The zero-order chi connectivity index (χ0) is 41.8. The molecule has 4 aromatic rings. The normalized spacial score (nSPS) is 13.4. The minimum atomic E-state index is -0.603. The fraction of sp³-hybridized carbons (Fsp3) is 0.366. The quantitative estimate of drug-likeness (QED) is 0.0502. The van der Waals surface area contributed by atoms with E-state index in [2.05, 4.69) is 42.5 Å². The van der Waals surface area contributed by atoms with E-state index in [1.165, 1.54) is 24.3 Å². The number of nitrogen functional groups attached to an aromatic ring is 1. The second-order valence-electron chi connectivity index (χ2n) is 15.0. The number of carbonyl (C=O) groups is 2. The van der Waals surface area contributed by atoms with Crippen LogP contribution in [0.15, 0.2) is 81.7 Å². The second-order valence-corrected chi connectivity index (χ2v) is 18.3. The van der Waals surface area contributed by atoms with Crippen LogP contribution in [0.4, 0.5) is 44.2 Å². The molecule has 0 atom stereocenters. The minimum absolute atomic E-state index is 0.0301. The van der Waals surface area contributed by atoms with Gasteiger partial charge in [0.1, 0.15) is 28.7 Å². The van der Waals surface area contributed by atoms with Crippen LogP contribution in [0, 0.1) is 23.3 Å². The maximum Gasteiger partial charge on any atom is 0.139 e. The first-order valence-corrected chi connectivity index (χ1v) is 22.0. The number of amides is 2. The average Bonchev–Trinajstić information content (AvgIpc) is 4.00. The van der Waals surface area contributed by atoms with Crippen LogP contribution in [0.2, 0.25) is 0 Å². The van der Waals surface area contributed by atoms with E-state index >= 15 is 0 Å². The van der Waals surface area contributed by atoms with E-state index in [9.17, 15) is 27.2 Å². The summed E-state index contributed by atoms with van der Waals surface area (Å²) in [5.74, 6) is -0.186. The number of benzene rings is 4. The largest absolute Gasteiger partial charge is 0.399 e. The molecule has 0 aromatic heterocycles. The topological polar surface area (TPSA) is 129 Å². The Morgan fingerprint density at radius 1 is 0.661 bits per heavy atom. The van der Waals surface area contributed by atoms with Gasteiger partial charge in [0.2, 0.25) is 0 Å². The van der Waals surface area contributed by atoms with E-state index in [1.807, 2.05) is 12.1 Å². The van der Waals surface area contributed by atoms with E-state index < -0.39 is 29.2 Å². The molecule has 2 saturated carbocycles. The molecule has 8 nitrogen and oxygen atoms in total. The number of nitrogens with one attached hydrogen (secondary N) is 2. The Kier molecular flexibility index (Phi) is 17.9. The Morgan fingerprint density at radius 3 is 1.45 bits per heavy atom. The van der Waals surface area contributed by atoms with Gasteiger partial charge < -0.3 is 15.2 Å². The number of hydrogen-bond donors (Lipinski definition) is 4. The Bertz CT molecular complexity index is 1950. The molecule has 6 rings (SSSR count). The van der Waals surface area contributed by atoms with Gasteiger partial charge >= 0.3 is 100 Å². The molecule has 4 aromatic carbocycles. The van der Waals surface area contributed by atoms with Gasteiger partial charge in [-0.05, 0) is 146 Å². The maximum absolute atomic E-state index is 13.7. The molecule has 56 heavy (non-hydrogen) atoms. The van der Waals surface area contributed by atoms with Crippen molar-refractivity contribution < 1.29 is 58.1 Å². The fourth-order valence-electron chi connectivity index (χ4n) is 4.73. The Balaban J connectivity index is 0.000000205. The van der Waals surface area contributed by atoms with Crippen molar-refractivity contribution in [3.05, 3.63) is 122 Å². The SMILES string of the molecule is CC(C)(C)OC(=O)Nc1ccc(Br)c(F)c1.CC(C)(C)OC(=O)Nc1ccc(C2CC2)c(F)c1.N[I-]Cc1ccc(C2CC2)c(F)c1.Nc1ccc(Br)c(F)c1. The molecular weight excluding hydrogens is 975 g/mol. The standard InChI is InChI=1S/C14H18FNO2.C11H13BrFNO2.C10H12FIN.C6H5BrFN/c1-14(2,3)18-13(17)16-10-6-7-11(9-4-5-9)12(15)8-10;1-11(2,3)16-10(15)14-7-4-5-8(12)9(13)6-7;11-10-5-7(6-12-13)1-4-9(10)8-2-3-8;7-5-2-1-4(9)3-6(5)8/h6-9H,4-5H2,1-3H3,(H,16,17);4-6H,1-3H3,(H,14,15);1,4-5,8H,2-3,6,13H2;1-3H,9H2/q;;-1;. The molecule has 0 spiro atoms. The van der Waals surface area contributed by atoms with Crippen molar-refractivity contribution in [3.8, 4) is 0 Å². The molecule has 0 heterocycles. The van der Waals surface area contributed by atoms with Crippen LogP contribution in [-0.4, -0.2) is 23.4 Å². The number of anilines is 3. The van der Waals surface area contributed by atoms with E-state index in [4.69, 9.17) is 19.2 Å². The minimum Gasteiger partial charge on any atom is -0.399 e. The van der Waals surface area contributed by atoms with E-state index in [0.717, 1.165) is 46.8 Å². The zero-order valence-electron chi connectivity index (χ0n) is 32.1. The summed E-state index contributed by atoms with van der Waals surface area (Å²) in [5, 5.41) is 4.97. The van der Waals surface area contributed by atoms with Gasteiger partial charge in [0, 0.05) is 17.1 Å². The zero-order valence-corrected chi connectivity index (χ0v) is 37.4. The van der Waals surface area contributed by atoms with Gasteiger partial charge in [0.15, 0.2) is 0 Å².